The predicted octanol–water partition coefficient (Wildman–Crippen LogP) is 4.28. The van der Waals surface area contributed by atoms with E-state index in [0.29, 0.717) is 6.04 Å². The second-order valence-corrected chi connectivity index (χ2v) is 4.97. The number of nitrogens with zero attached hydrogens (tertiary/aromatic N) is 1. The maximum absolute atomic E-state index is 11.7. The number of halogens is 1. The Bertz CT molecular complexity index is 395. The van der Waals surface area contributed by atoms with Gasteiger partial charge in [0.05, 0.1) is 5.88 Å². The normalized spacial score (nSPS) is 12.8. The van der Waals surface area contributed by atoms with E-state index in [1.807, 2.05) is 13.0 Å². The molecular formula is C14H22ClNO. The average Bonchev–Trinajstić information content (AvgIpc) is 2.61. The zero-order chi connectivity index (χ0) is 13.0. The van der Waals surface area contributed by atoms with Crippen LogP contribution >= 0.6 is 11.6 Å². The van der Waals surface area contributed by atoms with Gasteiger partial charge in [0.1, 0.15) is 0 Å². The highest BCUT2D eigenvalue weighted by molar-refractivity contribution is 6.30. The van der Waals surface area contributed by atoms with Gasteiger partial charge in [0.2, 0.25) is 0 Å². The molecule has 1 heterocycles. The van der Waals surface area contributed by atoms with E-state index in [2.05, 4.69) is 25.3 Å². The lowest BCUT2D eigenvalue weighted by Crippen LogP contribution is -2.10. The number of aryl methyl sites for hydroxylation is 1. The van der Waals surface area contributed by atoms with Crippen LogP contribution in [0, 0.1) is 13.8 Å². The lowest BCUT2D eigenvalue weighted by molar-refractivity contribution is 0.102. The number of hydrogen-bond acceptors (Lipinski definition) is 1. The van der Waals surface area contributed by atoms with Crippen molar-refractivity contribution >= 4 is 17.4 Å². The fraction of sp³-hybridized carbons (Fsp3) is 0.643. The van der Waals surface area contributed by atoms with E-state index in [9.17, 15) is 4.79 Å². The van der Waals surface area contributed by atoms with Crippen LogP contribution in [-0.4, -0.2) is 16.2 Å². The molecule has 0 aromatic carbocycles. The van der Waals surface area contributed by atoms with Crippen molar-refractivity contribution in [2.45, 2.75) is 53.0 Å². The van der Waals surface area contributed by atoms with Crippen molar-refractivity contribution in [3.63, 3.8) is 0 Å². The van der Waals surface area contributed by atoms with Gasteiger partial charge in [0.15, 0.2) is 5.78 Å². The van der Waals surface area contributed by atoms with E-state index in [4.69, 9.17) is 11.6 Å². The van der Waals surface area contributed by atoms with Crippen molar-refractivity contribution in [3.05, 3.63) is 23.0 Å². The number of carbonyl (C=O) groups excluding carboxylic acids is 1. The van der Waals surface area contributed by atoms with Gasteiger partial charge in [-0.15, -0.1) is 11.6 Å². The molecule has 3 heteroatoms. The van der Waals surface area contributed by atoms with Gasteiger partial charge < -0.3 is 4.57 Å². The van der Waals surface area contributed by atoms with Crippen LogP contribution in [0.4, 0.5) is 0 Å². The van der Waals surface area contributed by atoms with Crippen LogP contribution in [0.3, 0.4) is 0 Å². The largest absolute Gasteiger partial charge is 0.346 e. The van der Waals surface area contributed by atoms with Gasteiger partial charge in [-0.05, 0) is 33.3 Å². The maximum atomic E-state index is 11.7. The summed E-state index contributed by atoms with van der Waals surface area (Å²) in [5, 5.41) is 0. The average molecular weight is 256 g/mol. The Morgan fingerprint density at radius 3 is 2.65 bits per heavy atom. The van der Waals surface area contributed by atoms with E-state index in [-0.39, 0.29) is 11.7 Å². The highest BCUT2D eigenvalue weighted by Crippen LogP contribution is 2.24. The van der Waals surface area contributed by atoms with Crippen LogP contribution in [0.15, 0.2) is 6.07 Å². The Morgan fingerprint density at radius 2 is 2.12 bits per heavy atom. The van der Waals surface area contributed by atoms with Crippen LogP contribution in [0.25, 0.3) is 0 Å². The summed E-state index contributed by atoms with van der Waals surface area (Å²) in [6.07, 6.45) is 3.58. The summed E-state index contributed by atoms with van der Waals surface area (Å²) in [4.78, 5) is 11.7. The summed E-state index contributed by atoms with van der Waals surface area (Å²) in [6.45, 7) is 8.48. The topological polar surface area (TPSA) is 22.0 Å². The second kappa shape index (κ2) is 6.25. The third-order valence-corrected chi connectivity index (χ3v) is 3.57. The molecule has 2 nitrogen and oxygen atoms in total. The molecule has 0 radical (unpaired) electrons. The van der Waals surface area contributed by atoms with Crippen molar-refractivity contribution in [2.24, 2.45) is 0 Å². The van der Waals surface area contributed by atoms with Crippen LogP contribution in [-0.2, 0) is 0 Å². The molecule has 0 saturated carbocycles. The van der Waals surface area contributed by atoms with E-state index in [1.165, 1.54) is 12.8 Å². The first kappa shape index (κ1) is 14.3. The molecule has 1 atom stereocenters. The fourth-order valence-corrected chi connectivity index (χ4v) is 2.58. The van der Waals surface area contributed by atoms with E-state index < -0.39 is 0 Å². The zero-order valence-electron chi connectivity index (χ0n) is 11.2. The van der Waals surface area contributed by atoms with Gasteiger partial charge in [0.25, 0.3) is 0 Å². The van der Waals surface area contributed by atoms with Crippen molar-refractivity contribution in [1.82, 2.24) is 4.57 Å². The fourth-order valence-electron chi connectivity index (χ4n) is 2.44. The van der Waals surface area contributed by atoms with Gasteiger partial charge in [-0.3, -0.25) is 4.79 Å². The summed E-state index contributed by atoms with van der Waals surface area (Å²) in [5.41, 5.74) is 2.98. The molecule has 1 rings (SSSR count). The second-order valence-electron chi connectivity index (χ2n) is 4.70. The summed E-state index contributed by atoms with van der Waals surface area (Å²) in [5.74, 6) is 0.0851. The Kier molecular flexibility index (Phi) is 5.26. The number of Topliss-reactive ketones (excluding diaryl/α,β-unsaturated/α-hetero) is 1. The van der Waals surface area contributed by atoms with E-state index >= 15 is 0 Å². The maximum Gasteiger partial charge on any atom is 0.179 e. The van der Waals surface area contributed by atoms with Crippen LogP contribution in [0.5, 0.6) is 0 Å². The minimum atomic E-state index is 0.0220. The molecule has 0 aliphatic heterocycles. The van der Waals surface area contributed by atoms with Crippen LogP contribution in [0.2, 0.25) is 0 Å². The molecule has 1 unspecified atom stereocenters. The molecule has 0 aliphatic carbocycles. The minimum Gasteiger partial charge on any atom is -0.346 e. The molecule has 1 aromatic rings. The molecule has 96 valence electrons. The number of aromatic nitrogens is 1. The lowest BCUT2D eigenvalue weighted by atomic mass is 10.1. The predicted molar refractivity (Wildman–Crippen MR) is 73.2 cm³/mol. The first-order valence-corrected chi connectivity index (χ1v) is 6.83. The van der Waals surface area contributed by atoms with Gasteiger partial charge in [-0.25, -0.2) is 0 Å². The Labute approximate surface area is 109 Å². The molecule has 0 bridgehead atoms. The van der Waals surface area contributed by atoms with Crippen molar-refractivity contribution < 1.29 is 4.79 Å². The monoisotopic (exact) mass is 255 g/mol. The standard InChI is InChI=1S/C14H22ClNO/c1-5-6-7-10(2)16-11(3)8-13(12(16)4)14(17)9-15/h8,10H,5-7,9H2,1-4H3. The third-order valence-electron chi connectivity index (χ3n) is 3.32. The number of unbranched alkanes of at least 4 members (excludes halogenated alkanes) is 1. The molecular weight excluding hydrogens is 234 g/mol. The van der Waals surface area contributed by atoms with Gasteiger partial charge >= 0.3 is 0 Å². The molecule has 0 amide bonds. The number of hydrogen-bond donors (Lipinski definition) is 0. The smallest absolute Gasteiger partial charge is 0.179 e. The highest BCUT2D eigenvalue weighted by Gasteiger charge is 2.17. The quantitative estimate of drug-likeness (QED) is 0.549. The van der Waals surface area contributed by atoms with Crippen LogP contribution in [0.1, 0.15) is 60.9 Å². The molecule has 17 heavy (non-hydrogen) atoms. The van der Waals surface area contributed by atoms with Gasteiger partial charge in [0, 0.05) is 23.0 Å². The number of carbonyl (C=O) groups is 1. The van der Waals surface area contributed by atoms with E-state index in [1.54, 1.807) is 0 Å². The summed E-state index contributed by atoms with van der Waals surface area (Å²) in [6, 6.07) is 2.41. The van der Waals surface area contributed by atoms with Crippen molar-refractivity contribution in [1.29, 1.82) is 0 Å². The third kappa shape index (κ3) is 3.12. The molecule has 0 fully saturated rings. The van der Waals surface area contributed by atoms with Crippen molar-refractivity contribution in [2.75, 3.05) is 5.88 Å². The van der Waals surface area contributed by atoms with Crippen LogP contribution < -0.4 is 0 Å². The molecule has 0 aliphatic rings. The summed E-state index contributed by atoms with van der Waals surface area (Å²) in [7, 11) is 0. The number of rotatable bonds is 6. The minimum absolute atomic E-state index is 0.0220. The first-order chi connectivity index (χ1) is 8.02. The molecule has 1 aromatic heterocycles. The van der Waals surface area contributed by atoms with E-state index in [0.717, 1.165) is 23.4 Å². The Morgan fingerprint density at radius 1 is 1.47 bits per heavy atom. The highest BCUT2D eigenvalue weighted by atomic mass is 35.5. The summed E-state index contributed by atoms with van der Waals surface area (Å²) < 4.78 is 2.26. The first-order valence-electron chi connectivity index (χ1n) is 6.30. The van der Waals surface area contributed by atoms with Gasteiger partial charge in [-0.1, -0.05) is 19.8 Å². The Balaban J connectivity index is 3.00. The number of ketones is 1. The lowest BCUT2D eigenvalue weighted by Gasteiger charge is -2.18. The zero-order valence-corrected chi connectivity index (χ0v) is 12.0. The molecule has 0 spiro atoms. The number of alkyl halides is 1. The summed E-state index contributed by atoms with van der Waals surface area (Å²) >= 11 is 5.62. The van der Waals surface area contributed by atoms with Crippen molar-refractivity contribution in [3.8, 4) is 0 Å². The Hall–Kier alpha value is -0.760. The SMILES string of the molecule is CCCCC(C)n1c(C)cc(C(=O)CCl)c1C. The van der Waals surface area contributed by atoms with Gasteiger partial charge in [-0.2, -0.15) is 0 Å². The molecule has 0 saturated heterocycles. The molecule has 0 N–H and O–H groups in total.